The van der Waals surface area contributed by atoms with E-state index in [0.29, 0.717) is 21.9 Å². The van der Waals surface area contributed by atoms with Gasteiger partial charge >= 0.3 is 0 Å². The lowest BCUT2D eigenvalue weighted by atomic mass is 10.2. The van der Waals surface area contributed by atoms with Gasteiger partial charge in [0.15, 0.2) is 4.80 Å². The molecular weight excluding hydrogens is 372 g/mol. The number of aromatic nitrogens is 1. The second-order valence-corrected chi connectivity index (χ2v) is 7.15. The van der Waals surface area contributed by atoms with E-state index in [4.69, 9.17) is 9.47 Å². The molecule has 0 saturated heterocycles. The Morgan fingerprint density at radius 3 is 2.50 bits per heavy atom. The largest absolute Gasteiger partial charge is 0.497 e. The second kappa shape index (κ2) is 7.70. The van der Waals surface area contributed by atoms with Crippen molar-refractivity contribution in [2.45, 2.75) is 0 Å². The van der Waals surface area contributed by atoms with Crippen molar-refractivity contribution in [3.8, 4) is 17.2 Å². The summed E-state index contributed by atoms with van der Waals surface area (Å²) in [7, 11) is 3.53. The summed E-state index contributed by atoms with van der Waals surface area (Å²) in [6, 6.07) is 22.3. The number of methoxy groups -OCH3 is 1. The predicted octanol–water partition coefficient (Wildman–Crippen LogP) is 4.78. The summed E-state index contributed by atoms with van der Waals surface area (Å²) in [4.78, 5) is 17.7. The second-order valence-electron chi connectivity index (χ2n) is 6.14. The lowest BCUT2D eigenvalue weighted by molar-refractivity contribution is 0.0997. The molecule has 0 aliphatic carbocycles. The van der Waals surface area contributed by atoms with Gasteiger partial charge in [-0.1, -0.05) is 35.6 Å². The van der Waals surface area contributed by atoms with Crippen LogP contribution >= 0.6 is 11.3 Å². The minimum atomic E-state index is -0.312. The zero-order valence-corrected chi connectivity index (χ0v) is 16.3. The van der Waals surface area contributed by atoms with Crippen LogP contribution in [0.2, 0.25) is 0 Å². The number of rotatable bonds is 4. The van der Waals surface area contributed by atoms with Crippen LogP contribution in [0.15, 0.2) is 77.8 Å². The quantitative estimate of drug-likeness (QED) is 0.504. The number of aryl methyl sites for hydroxylation is 1. The Hall–Kier alpha value is -3.38. The van der Waals surface area contributed by atoms with E-state index in [1.165, 1.54) is 11.3 Å². The van der Waals surface area contributed by atoms with Crippen molar-refractivity contribution in [3.05, 3.63) is 83.2 Å². The first-order chi connectivity index (χ1) is 13.6. The van der Waals surface area contributed by atoms with Crippen LogP contribution in [0, 0.1) is 0 Å². The highest BCUT2D eigenvalue weighted by Gasteiger charge is 2.09. The molecule has 0 radical (unpaired) electrons. The Kier molecular flexibility index (Phi) is 4.95. The van der Waals surface area contributed by atoms with Gasteiger partial charge in [-0.3, -0.25) is 4.79 Å². The first-order valence-corrected chi connectivity index (χ1v) is 9.51. The molecule has 0 saturated carbocycles. The molecule has 1 aromatic heterocycles. The number of carbonyl (C=O) groups excluding carboxylic acids is 1. The van der Waals surface area contributed by atoms with Gasteiger partial charge in [-0.05, 0) is 48.5 Å². The number of amides is 1. The van der Waals surface area contributed by atoms with E-state index < -0.39 is 0 Å². The molecule has 0 N–H and O–H groups in total. The van der Waals surface area contributed by atoms with Gasteiger partial charge in [0.1, 0.15) is 17.2 Å². The van der Waals surface area contributed by atoms with E-state index in [1.807, 2.05) is 66.2 Å². The Morgan fingerprint density at radius 2 is 1.71 bits per heavy atom. The third-order valence-corrected chi connectivity index (χ3v) is 5.37. The number of carbonyl (C=O) groups is 1. The van der Waals surface area contributed by atoms with Crippen molar-refractivity contribution in [3.63, 3.8) is 0 Å². The molecule has 0 spiro atoms. The van der Waals surface area contributed by atoms with Crippen molar-refractivity contribution in [1.29, 1.82) is 0 Å². The van der Waals surface area contributed by atoms with Crippen LogP contribution in [0.5, 0.6) is 17.2 Å². The normalized spacial score (nSPS) is 11.6. The standard InChI is InChI=1S/C22H18N2O3S/c1-24-19-12-11-17(26-2)14-20(19)28-22(24)23-21(25)15-7-6-10-18(13-15)27-16-8-4-3-5-9-16/h3-14H,1-2H3. The maximum atomic E-state index is 12.7. The van der Waals surface area contributed by atoms with Crippen molar-refractivity contribution in [2.24, 2.45) is 12.0 Å². The molecule has 6 heteroatoms. The van der Waals surface area contributed by atoms with Crippen molar-refractivity contribution in [2.75, 3.05) is 7.11 Å². The molecule has 1 amide bonds. The number of nitrogens with zero attached hydrogens (tertiary/aromatic N) is 2. The minimum Gasteiger partial charge on any atom is -0.497 e. The average Bonchev–Trinajstić information content (AvgIpc) is 3.03. The van der Waals surface area contributed by atoms with Gasteiger partial charge in [-0.15, -0.1) is 0 Å². The number of ether oxygens (including phenoxy) is 2. The molecule has 4 rings (SSSR count). The highest BCUT2D eigenvalue weighted by atomic mass is 32.1. The van der Waals surface area contributed by atoms with Crippen LogP contribution in [-0.2, 0) is 7.05 Å². The SMILES string of the molecule is COc1ccc2c(c1)sc(=NC(=O)c1cccc(Oc3ccccc3)c1)n2C. The molecule has 1 heterocycles. The van der Waals surface area contributed by atoms with Gasteiger partial charge < -0.3 is 14.0 Å². The average molecular weight is 390 g/mol. The lowest BCUT2D eigenvalue weighted by Gasteiger charge is -2.06. The summed E-state index contributed by atoms with van der Waals surface area (Å²) >= 11 is 1.45. The Labute approximate surface area is 166 Å². The molecule has 5 nitrogen and oxygen atoms in total. The summed E-state index contributed by atoms with van der Waals surface area (Å²) < 4.78 is 14.0. The summed E-state index contributed by atoms with van der Waals surface area (Å²) in [5.41, 5.74) is 1.47. The van der Waals surface area contributed by atoms with Crippen molar-refractivity contribution < 1.29 is 14.3 Å². The highest BCUT2D eigenvalue weighted by Crippen LogP contribution is 2.24. The molecule has 0 aliphatic heterocycles. The van der Waals surface area contributed by atoms with Gasteiger partial charge in [0.25, 0.3) is 5.91 Å². The fourth-order valence-electron chi connectivity index (χ4n) is 2.82. The van der Waals surface area contributed by atoms with Gasteiger partial charge in [-0.25, -0.2) is 0 Å². The molecule has 4 aromatic rings. The molecule has 0 unspecified atom stereocenters. The number of benzene rings is 3. The van der Waals surface area contributed by atoms with E-state index in [1.54, 1.807) is 25.3 Å². The molecule has 140 valence electrons. The predicted molar refractivity (Wildman–Crippen MR) is 110 cm³/mol. The van der Waals surface area contributed by atoms with Crippen LogP contribution in [0.3, 0.4) is 0 Å². The van der Waals surface area contributed by atoms with Crippen LogP contribution in [0.1, 0.15) is 10.4 Å². The topological polar surface area (TPSA) is 52.8 Å². The maximum Gasteiger partial charge on any atom is 0.279 e. The molecule has 0 aliphatic rings. The smallest absolute Gasteiger partial charge is 0.279 e. The fraction of sp³-hybridized carbons (Fsp3) is 0.0909. The first kappa shape index (κ1) is 18.0. The highest BCUT2D eigenvalue weighted by molar-refractivity contribution is 7.16. The van der Waals surface area contributed by atoms with Crippen LogP contribution in [0.4, 0.5) is 0 Å². The Bertz CT molecular complexity index is 1210. The number of hydrogen-bond acceptors (Lipinski definition) is 4. The summed E-state index contributed by atoms with van der Waals surface area (Å²) in [6.45, 7) is 0. The van der Waals surface area contributed by atoms with Crippen molar-refractivity contribution >= 4 is 27.5 Å². The van der Waals surface area contributed by atoms with Gasteiger partial charge in [0.2, 0.25) is 0 Å². The van der Waals surface area contributed by atoms with Crippen LogP contribution in [-0.4, -0.2) is 17.6 Å². The molecule has 28 heavy (non-hydrogen) atoms. The zero-order valence-electron chi connectivity index (χ0n) is 15.5. The van der Waals surface area contributed by atoms with E-state index in [-0.39, 0.29) is 5.91 Å². The molecular formula is C22H18N2O3S. The van der Waals surface area contributed by atoms with Crippen molar-refractivity contribution in [1.82, 2.24) is 4.57 Å². The fourth-order valence-corrected chi connectivity index (χ4v) is 3.86. The minimum absolute atomic E-state index is 0.312. The lowest BCUT2D eigenvalue weighted by Crippen LogP contribution is -2.13. The molecule has 0 atom stereocenters. The summed E-state index contributed by atoms with van der Waals surface area (Å²) in [6.07, 6.45) is 0. The number of para-hydroxylation sites is 1. The third-order valence-electron chi connectivity index (χ3n) is 4.27. The van der Waals surface area contributed by atoms with Gasteiger partial charge in [0, 0.05) is 12.6 Å². The van der Waals surface area contributed by atoms with E-state index in [0.717, 1.165) is 16.0 Å². The summed E-state index contributed by atoms with van der Waals surface area (Å²) in [5, 5.41) is 0. The number of thiazole rings is 1. The maximum absolute atomic E-state index is 12.7. The van der Waals surface area contributed by atoms with Crippen LogP contribution in [0.25, 0.3) is 10.2 Å². The monoisotopic (exact) mass is 390 g/mol. The third kappa shape index (κ3) is 3.68. The first-order valence-electron chi connectivity index (χ1n) is 8.69. The number of fused-ring (bicyclic) bond motifs is 1. The number of hydrogen-bond donors (Lipinski definition) is 0. The van der Waals surface area contributed by atoms with E-state index >= 15 is 0 Å². The molecule has 0 fully saturated rings. The Morgan fingerprint density at radius 1 is 0.929 bits per heavy atom. The molecule has 0 bridgehead atoms. The van der Waals surface area contributed by atoms with Crippen LogP contribution < -0.4 is 14.3 Å². The summed E-state index contributed by atoms with van der Waals surface area (Å²) in [5.74, 6) is 1.78. The molecule has 3 aromatic carbocycles. The Balaban J connectivity index is 1.65. The van der Waals surface area contributed by atoms with Gasteiger partial charge in [-0.2, -0.15) is 4.99 Å². The van der Waals surface area contributed by atoms with E-state index in [9.17, 15) is 4.79 Å². The van der Waals surface area contributed by atoms with E-state index in [2.05, 4.69) is 4.99 Å². The van der Waals surface area contributed by atoms with Gasteiger partial charge in [0.05, 0.1) is 17.3 Å². The zero-order chi connectivity index (χ0) is 19.5.